The number of phenolic OH excluding ortho intramolecular Hbond substituents is 1. The Hall–Kier alpha value is -5.44. The number of nitrogens with one attached hydrogen (secondary N) is 3. The molecule has 3 unspecified atom stereocenters. The molecule has 0 aliphatic carbocycles. The number of quaternary nitrogens is 1. The summed E-state index contributed by atoms with van der Waals surface area (Å²) in [5.41, 5.74) is 1.13. The lowest BCUT2D eigenvalue weighted by Crippen LogP contribution is -2.50. The molecule has 0 aliphatic heterocycles. The second-order valence-electron chi connectivity index (χ2n) is 25.2. The third-order valence-electron chi connectivity index (χ3n) is 17.2. The fraction of sp³-hybridized carbons (Fsp3) is 0.600. The molecule has 0 fully saturated rings. The van der Waals surface area contributed by atoms with E-state index in [1.807, 2.05) is 4.72 Å². The molecule has 0 bridgehead atoms. The maximum absolute atomic E-state index is 14.8. The van der Waals surface area contributed by atoms with Gasteiger partial charge in [0, 0.05) is 76.9 Å². The Morgan fingerprint density at radius 3 is 1.00 bits per heavy atom. The minimum atomic E-state index is -5.32. The molecular weight excluding hydrogens is 1280 g/mol. The summed E-state index contributed by atoms with van der Waals surface area (Å²) in [6.07, 6.45) is 14.2. The van der Waals surface area contributed by atoms with Gasteiger partial charge < -0.3 is 14.1 Å². The van der Waals surface area contributed by atoms with Crippen molar-refractivity contribution in [2.75, 3.05) is 31.9 Å². The van der Waals surface area contributed by atoms with Gasteiger partial charge in [0.1, 0.15) is 5.75 Å². The maximum Gasteiger partial charge on any atom is 0.241 e. The number of unbranched alkanes of at least 4 members (excludes halogenated alkanes) is 10. The Labute approximate surface area is 560 Å². The molecule has 4 rings (SSSR count). The summed E-state index contributed by atoms with van der Waals surface area (Å²) in [5, 5.41) is 10.4. The summed E-state index contributed by atoms with van der Waals surface area (Å²) < 4.78 is 133. The van der Waals surface area contributed by atoms with Crippen molar-refractivity contribution in [3.63, 3.8) is 0 Å². The van der Waals surface area contributed by atoms with Crippen LogP contribution in [0.5, 0.6) is 5.75 Å². The average Bonchev–Trinajstić information content (AvgIpc) is 0.706. The van der Waals surface area contributed by atoms with Crippen LogP contribution in [-0.2, 0) is 69.0 Å². The zero-order valence-corrected chi connectivity index (χ0v) is 60.4. The summed E-state index contributed by atoms with van der Waals surface area (Å²) in [6, 6.07) is 1.72. The Morgan fingerprint density at radius 2 is 0.702 bits per heavy atom. The number of hydrogen-bond acceptors (Lipinski definition) is 16. The molecule has 0 saturated carbocycles. The smallest absolute Gasteiger partial charge is 0.241 e. The average molecular weight is 1390 g/mol. The second-order valence-corrected chi connectivity index (χ2v) is 31.7. The maximum atomic E-state index is 14.8. The van der Waals surface area contributed by atoms with Gasteiger partial charge in [0.15, 0.2) is 34.7 Å². The molecule has 0 aliphatic rings. The van der Waals surface area contributed by atoms with Crippen LogP contribution < -0.4 is 14.2 Å². The van der Waals surface area contributed by atoms with Gasteiger partial charge in [0.2, 0.25) is 30.1 Å². The highest BCUT2D eigenvalue weighted by Crippen LogP contribution is 2.45. The fourth-order valence-electron chi connectivity index (χ4n) is 11.5. The molecule has 0 aromatic heterocycles. The summed E-state index contributed by atoms with van der Waals surface area (Å²) >= 11 is 0. The Morgan fingerprint density at radius 1 is 0.426 bits per heavy atom. The van der Waals surface area contributed by atoms with Crippen LogP contribution >= 0.6 is 0 Å². The quantitative estimate of drug-likeness (QED) is 0.0105. The van der Waals surface area contributed by atoms with Crippen LogP contribution in [-0.4, -0.2) is 133 Å². The predicted molar refractivity (Wildman–Crippen MR) is 372 cm³/mol. The number of nitrogens with zero attached hydrogens (tertiary/aromatic N) is 1. The monoisotopic (exact) mass is 1390 g/mol. The van der Waals surface area contributed by atoms with Crippen molar-refractivity contribution in [2.45, 2.75) is 256 Å². The van der Waals surface area contributed by atoms with E-state index in [0.717, 1.165) is 12.1 Å². The number of carbonyl (C=O) groups is 6. The first-order chi connectivity index (χ1) is 44.1. The summed E-state index contributed by atoms with van der Waals surface area (Å²) in [5.74, 6) is -4.63. The van der Waals surface area contributed by atoms with Gasteiger partial charge in [-0.25, -0.2) is 43.1 Å². The summed E-state index contributed by atoms with van der Waals surface area (Å²) in [7, 11) is -20.4. The molecule has 4 aromatic carbocycles. The lowest BCUT2D eigenvalue weighted by atomic mass is 9.94. The molecule has 4 aromatic rings. The molecule has 0 saturated heterocycles. The molecule has 0 spiro atoms. The van der Waals surface area contributed by atoms with Crippen LogP contribution in [0, 0.1) is 0 Å². The highest BCUT2D eigenvalue weighted by Gasteiger charge is 2.35. The van der Waals surface area contributed by atoms with Gasteiger partial charge in [-0.2, -0.15) is 4.72 Å². The van der Waals surface area contributed by atoms with E-state index in [2.05, 4.69) is 56.9 Å². The third kappa shape index (κ3) is 25.2. The minimum absolute atomic E-state index is 0.0117. The van der Waals surface area contributed by atoms with Crippen molar-refractivity contribution in [2.24, 2.45) is 0 Å². The molecule has 20 nitrogen and oxygen atoms in total. The number of allylic oxidation sites excluding steroid dienone is 3. The number of phenols is 1. The molecule has 0 amide bonds. The number of sulfonamides is 3. The second kappa shape index (κ2) is 39.1. The Kier molecular flexibility index (Phi) is 34.4. The molecule has 4 N–H and O–H groups in total. The normalized spacial score (nSPS) is 13.3. The summed E-state index contributed by atoms with van der Waals surface area (Å²) in [4.78, 5) is 74.4. The van der Waals surface area contributed by atoms with Crippen molar-refractivity contribution >= 4 is 107 Å². The number of ketones is 6. The van der Waals surface area contributed by atoms with Crippen LogP contribution in [0.25, 0.3) is 32.3 Å². The van der Waals surface area contributed by atoms with Gasteiger partial charge in [-0.05, 0) is 127 Å². The van der Waals surface area contributed by atoms with Gasteiger partial charge >= 0.3 is 0 Å². The predicted octanol–water partition coefficient (Wildman–Crippen LogP) is 12.6. The van der Waals surface area contributed by atoms with E-state index in [0.29, 0.717) is 61.7 Å². The van der Waals surface area contributed by atoms with E-state index in [1.54, 1.807) is 20.8 Å². The van der Waals surface area contributed by atoms with Gasteiger partial charge in [-0.15, -0.1) is 0 Å². The Balaban J connectivity index is 0.00000118. The van der Waals surface area contributed by atoms with Gasteiger partial charge in [-0.3, -0.25) is 28.8 Å². The lowest BCUT2D eigenvalue weighted by molar-refractivity contribution is -0.929. The van der Waals surface area contributed by atoms with E-state index in [1.165, 1.54) is 120 Å². The number of hydrogen-bond donors (Lipinski definition) is 4. The summed E-state index contributed by atoms with van der Waals surface area (Å²) in [6.45, 7) is 33.7. The minimum Gasteiger partial charge on any atom is -0.748 e. The van der Waals surface area contributed by atoms with Crippen molar-refractivity contribution in [3.05, 3.63) is 72.9 Å². The van der Waals surface area contributed by atoms with E-state index in [-0.39, 0.29) is 107 Å². The Bertz CT molecular complexity index is 3730. The molecule has 3 atom stereocenters. The number of Topliss-reactive ketones (excluding diaryl/α,β-unsaturated/α-hetero) is 6. The van der Waals surface area contributed by atoms with Crippen LogP contribution in [0.3, 0.4) is 0 Å². The van der Waals surface area contributed by atoms with Gasteiger partial charge in [0.25, 0.3) is 0 Å². The van der Waals surface area contributed by atoms with E-state index >= 15 is 0 Å². The van der Waals surface area contributed by atoms with Crippen LogP contribution in [0.15, 0.2) is 87.5 Å². The molecule has 0 heterocycles. The van der Waals surface area contributed by atoms with Crippen molar-refractivity contribution in [3.8, 4) is 5.75 Å². The largest absolute Gasteiger partial charge is 0.748 e. The molecule has 0 radical (unpaired) electrons. The van der Waals surface area contributed by atoms with E-state index in [9.17, 15) is 72.1 Å². The highest BCUT2D eigenvalue weighted by molar-refractivity contribution is 7.91. The van der Waals surface area contributed by atoms with Gasteiger partial charge in [0.05, 0.1) is 74.9 Å². The van der Waals surface area contributed by atoms with Crippen LogP contribution in [0.1, 0.15) is 223 Å². The van der Waals surface area contributed by atoms with Crippen molar-refractivity contribution in [1.29, 1.82) is 0 Å². The fourth-order valence-corrected chi connectivity index (χ4v) is 16.9. The third-order valence-corrected chi connectivity index (χ3v) is 22.5. The number of benzene rings is 4. The van der Waals surface area contributed by atoms with Gasteiger partial charge in [-0.1, -0.05) is 124 Å². The van der Waals surface area contributed by atoms with Crippen molar-refractivity contribution in [1.82, 2.24) is 14.2 Å². The molecule has 94 heavy (non-hydrogen) atoms. The first-order valence-corrected chi connectivity index (χ1v) is 39.6. The zero-order chi connectivity index (χ0) is 70.8. The first-order valence-electron chi connectivity index (χ1n) is 33.6. The molecule has 24 heteroatoms. The van der Waals surface area contributed by atoms with E-state index < -0.39 is 108 Å². The topological polar surface area (TPSA) is 318 Å². The molecular formula is C70H106N4O16S4. The van der Waals surface area contributed by atoms with Crippen molar-refractivity contribution < 1.29 is 76.6 Å². The zero-order valence-electron chi connectivity index (χ0n) is 57.2. The first kappa shape index (κ1) is 82.8. The van der Waals surface area contributed by atoms with E-state index in [4.69, 9.17) is 0 Å². The SMILES string of the molecule is C=C(C)C(=O)CCCCCC(=O)C(CC)NS(=O)(=O)c1cc(O)c2ccc3c(S(=O)(=O)NC(CS(=O)(=O)[O-])C(=O)CCCCCC(=O)C(=C)C)cc(S(=O)(=O)NC(CC)C(=O)CCCCCC(=O)C(=C)C)c4ccc1c2c43.CCCC[N+](CCCC)(CCCC)CCCC. The number of rotatable bonds is 49. The number of aromatic hydroxyl groups is 1. The van der Waals surface area contributed by atoms with Crippen LogP contribution in [0.2, 0.25) is 0 Å². The molecule has 526 valence electrons. The standard InChI is InChI=1S/C54H71N3O16S4.C16H36N/c1-9-40(46(61)23-17-11-14-20-43(58)33(3)4)55-75(68,69)50-30-49(64)36-26-27-38-52(77(72,73)57-42(32-74(65,66)67)48(63)25-19-13-16-22-45(60)35(7)8)31-51(39-29-28-37(50)53(36)54(38)39)76(70,71)56-41(10-2)47(62)24-18-12-15-21-44(59)34(5)6;1-5-9-13-17(14-10-6-2,15-11-7-3)16-12-8-4/h26-31,40-42,55-57,64H,3,5,7,9-25,32H2,1-2,4,6,8H3,(H,65,66,67);5-16H2,1-4H3/q;+1/p-1. The highest BCUT2D eigenvalue weighted by atomic mass is 32.2. The van der Waals surface area contributed by atoms with Crippen LogP contribution in [0.4, 0.5) is 0 Å². The number of carbonyl (C=O) groups excluding carboxylic acids is 6. The lowest BCUT2D eigenvalue weighted by Gasteiger charge is -2.39.